The summed E-state index contributed by atoms with van der Waals surface area (Å²) in [6.45, 7) is 7.93. The number of aromatic amines is 1. The molecule has 0 aliphatic carbocycles. The van der Waals surface area contributed by atoms with Crippen molar-refractivity contribution in [2.24, 2.45) is 10.9 Å². The fraction of sp³-hybridized carbons (Fsp3) is 0.571. The molecular formula is C21H34IN5. The zero-order chi connectivity index (χ0) is 18.2. The van der Waals surface area contributed by atoms with Gasteiger partial charge in [-0.05, 0) is 56.3 Å². The molecule has 1 aromatic carbocycles. The van der Waals surface area contributed by atoms with Gasteiger partial charge in [0.15, 0.2) is 5.96 Å². The number of aliphatic imine (C=N–C) groups is 1. The lowest BCUT2D eigenvalue weighted by Gasteiger charge is -2.30. The minimum absolute atomic E-state index is 0. The number of hydrogen-bond donors (Lipinski definition) is 3. The summed E-state index contributed by atoms with van der Waals surface area (Å²) in [7, 11) is 1.84. The highest BCUT2D eigenvalue weighted by atomic mass is 127. The Morgan fingerprint density at radius 2 is 2.07 bits per heavy atom. The zero-order valence-electron chi connectivity index (χ0n) is 16.6. The van der Waals surface area contributed by atoms with Gasteiger partial charge in [-0.3, -0.25) is 4.99 Å². The maximum Gasteiger partial charge on any atom is 0.190 e. The van der Waals surface area contributed by atoms with Crippen LogP contribution in [-0.2, 0) is 6.42 Å². The second-order valence-electron chi connectivity index (χ2n) is 7.44. The Balaban J connectivity index is 0.00000261. The number of aromatic nitrogens is 1. The van der Waals surface area contributed by atoms with Crippen molar-refractivity contribution in [1.82, 2.24) is 20.5 Å². The van der Waals surface area contributed by atoms with Gasteiger partial charge in [-0.2, -0.15) is 0 Å². The first-order valence-electron chi connectivity index (χ1n) is 9.98. The van der Waals surface area contributed by atoms with E-state index < -0.39 is 0 Å². The fourth-order valence-electron chi connectivity index (χ4n) is 3.87. The minimum Gasteiger partial charge on any atom is -0.361 e. The van der Waals surface area contributed by atoms with E-state index in [4.69, 9.17) is 0 Å². The number of para-hydroxylation sites is 1. The molecule has 0 amide bonds. The van der Waals surface area contributed by atoms with E-state index in [1.165, 1.54) is 48.9 Å². The van der Waals surface area contributed by atoms with E-state index in [0.29, 0.717) is 0 Å². The normalized spacial score (nSPS) is 18.3. The van der Waals surface area contributed by atoms with Gasteiger partial charge >= 0.3 is 0 Å². The van der Waals surface area contributed by atoms with Crippen LogP contribution in [0, 0.1) is 5.92 Å². The van der Waals surface area contributed by atoms with Gasteiger partial charge < -0.3 is 20.5 Å². The van der Waals surface area contributed by atoms with Crippen molar-refractivity contribution in [3.05, 3.63) is 36.0 Å². The van der Waals surface area contributed by atoms with Gasteiger partial charge in [-0.15, -0.1) is 24.0 Å². The van der Waals surface area contributed by atoms with E-state index in [1.54, 1.807) is 0 Å². The van der Waals surface area contributed by atoms with E-state index in [2.05, 4.69) is 62.9 Å². The molecule has 1 aromatic heterocycles. The van der Waals surface area contributed by atoms with Crippen molar-refractivity contribution in [3.63, 3.8) is 0 Å². The van der Waals surface area contributed by atoms with Crippen LogP contribution in [0.3, 0.4) is 0 Å². The van der Waals surface area contributed by atoms with Gasteiger partial charge in [-0.25, -0.2) is 0 Å². The topological polar surface area (TPSA) is 55.5 Å². The smallest absolute Gasteiger partial charge is 0.190 e. The largest absolute Gasteiger partial charge is 0.361 e. The van der Waals surface area contributed by atoms with E-state index in [-0.39, 0.29) is 24.0 Å². The molecule has 27 heavy (non-hydrogen) atoms. The van der Waals surface area contributed by atoms with Gasteiger partial charge in [0.05, 0.1) is 0 Å². The quantitative estimate of drug-likeness (QED) is 0.244. The summed E-state index contributed by atoms with van der Waals surface area (Å²) in [5.74, 6) is 1.76. The van der Waals surface area contributed by atoms with Crippen molar-refractivity contribution in [1.29, 1.82) is 0 Å². The standard InChI is InChI=1S/C21H33N5.HI/c1-17-7-5-13-26(16-17)14-6-11-23-21(22-2)24-12-10-18-15-25-20-9-4-3-8-19(18)20;/h3-4,8-9,15,17,25H,5-7,10-14,16H2,1-2H3,(H2,22,23,24);1H. The second kappa shape index (κ2) is 11.5. The molecule has 5 nitrogen and oxygen atoms in total. The van der Waals surface area contributed by atoms with Crippen LogP contribution >= 0.6 is 24.0 Å². The number of fused-ring (bicyclic) bond motifs is 1. The van der Waals surface area contributed by atoms with Crippen LogP contribution in [0.2, 0.25) is 0 Å². The van der Waals surface area contributed by atoms with Gasteiger partial charge in [0, 0.05) is 43.8 Å². The molecule has 0 spiro atoms. The molecule has 1 atom stereocenters. The fourth-order valence-corrected chi connectivity index (χ4v) is 3.87. The van der Waals surface area contributed by atoms with Crippen LogP contribution in [-0.4, -0.2) is 55.6 Å². The lowest BCUT2D eigenvalue weighted by atomic mass is 10.0. The Morgan fingerprint density at radius 3 is 2.89 bits per heavy atom. The summed E-state index contributed by atoms with van der Waals surface area (Å²) in [4.78, 5) is 10.3. The Hall–Kier alpha value is -1.28. The first-order chi connectivity index (χ1) is 12.8. The molecule has 150 valence electrons. The van der Waals surface area contributed by atoms with Crippen LogP contribution in [0.4, 0.5) is 0 Å². The summed E-state index contributed by atoms with van der Waals surface area (Å²) < 4.78 is 0. The predicted octanol–water partition coefficient (Wildman–Crippen LogP) is 3.62. The third-order valence-electron chi connectivity index (χ3n) is 5.27. The molecule has 0 radical (unpaired) electrons. The molecule has 2 heterocycles. The van der Waals surface area contributed by atoms with E-state index in [9.17, 15) is 0 Å². The van der Waals surface area contributed by atoms with Crippen LogP contribution in [0.5, 0.6) is 0 Å². The number of halogens is 1. The molecule has 0 saturated carbocycles. The van der Waals surface area contributed by atoms with Crippen LogP contribution in [0.25, 0.3) is 10.9 Å². The monoisotopic (exact) mass is 483 g/mol. The maximum atomic E-state index is 4.34. The molecule has 0 bridgehead atoms. The first-order valence-corrected chi connectivity index (χ1v) is 9.98. The second-order valence-corrected chi connectivity index (χ2v) is 7.44. The summed E-state index contributed by atoms with van der Waals surface area (Å²) in [6, 6.07) is 8.46. The number of H-pyrrole nitrogens is 1. The SMILES string of the molecule is CN=C(NCCCN1CCCC(C)C1)NCCc1c[nH]c2ccccc12.I. The lowest BCUT2D eigenvalue weighted by molar-refractivity contribution is 0.182. The molecule has 3 rings (SSSR count). The number of rotatable bonds is 7. The average Bonchev–Trinajstić information content (AvgIpc) is 3.07. The van der Waals surface area contributed by atoms with Crippen molar-refractivity contribution in [3.8, 4) is 0 Å². The van der Waals surface area contributed by atoms with E-state index >= 15 is 0 Å². The van der Waals surface area contributed by atoms with Gasteiger partial charge in [0.2, 0.25) is 0 Å². The molecule has 1 fully saturated rings. The highest BCUT2D eigenvalue weighted by Gasteiger charge is 2.15. The number of hydrogen-bond acceptors (Lipinski definition) is 2. The number of nitrogens with one attached hydrogen (secondary N) is 3. The minimum atomic E-state index is 0. The van der Waals surface area contributed by atoms with Gasteiger partial charge in [-0.1, -0.05) is 25.1 Å². The third kappa shape index (κ3) is 6.68. The Kier molecular flexibility index (Phi) is 9.41. The summed E-state index contributed by atoms with van der Waals surface area (Å²) in [6.07, 6.45) is 7.00. The average molecular weight is 483 g/mol. The Morgan fingerprint density at radius 1 is 1.26 bits per heavy atom. The van der Waals surface area contributed by atoms with Gasteiger partial charge in [0.25, 0.3) is 0 Å². The molecule has 6 heteroatoms. The number of nitrogens with zero attached hydrogens (tertiary/aromatic N) is 2. The lowest BCUT2D eigenvalue weighted by Crippen LogP contribution is -2.40. The predicted molar refractivity (Wildman–Crippen MR) is 126 cm³/mol. The summed E-state index contributed by atoms with van der Waals surface area (Å²) in [5.41, 5.74) is 2.56. The number of guanidine groups is 1. The zero-order valence-corrected chi connectivity index (χ0v) is 19.0. The molecular weight excluding hydrogens is 449 g/mol. The number of piperidine rings is 1. The van der Waals surface area contributed by atoms with Crippen LogP contribution < -0.4 is 10.6 Å². The molecule has 1 aliphatic rings. The van der Waals surface area contributed by atoms with Crippen molar-refractivity contribution >= 4 is 40.8 Å². The number of likely N-dealkylation sites (tertiary alicyclic amines) is 1. The van der Waals surface area contributed by atoms with Crippen molar-refractivity contribution in [2.45, 2.75) is 32.6 Å². The maximum absolute atomic E-state index is 4.34. The van der Waals surface area contributed by atoms with Crippen LogP contribution in [0.1, 0.15) is 31.7 Å². The Labute approximate surface area is 180 Å². The van der Waals surface area contributed by atoms with Gasteiger partial charge in [0.1, 0.15) is 0 Å². The van der Waals surface area contributed by atoms with Crippen molar-refractivity contribution < 1.29 is 0 Å². The molecule has 1 unspecified atom stereocenters. The summed E-state index contributed by atoms with van der Waals surface area (Å²) >= 11 is 0. The van der Waals surface area contributed by atoms with Crippen molar-refractivity contribution in [2.75, 3.05) is 39.8 Å². The van der Waals surface area contributed by atoms with Crippen LogP contribution in [0.15, 0.2) is 35.5 Å². The molecule has 3 N–H and O–H groups in total. The Bertz CT molecular complexity index is 711. The third-order valence-corrected chi connectivity index (χ3v) is 5.27. The molecule has 1 saturated heterocycles. The summed E-state index contributed by atoms with van der Waals surface area (Å²) in [5, 5.41) is 8.18. The van der Waals surface area contributed by atoms with E-state index in [0.717, 1.165) is 37.8 Å². The first kappa shape index (κ1) is 22.0. The highest BCUT2D eigenvalue weighted by molar-refractivity contribution is 14.0. The van der Waals surface area contributed by atoms with E-state index in [1.807, 2.05) is 7.05 Å². The molecule has 1 aliphatic heterocycles. The number of benzene rings is 1. The molecule has 2 aromatic rings. The highest BCUT2D eigenvalue weighted by Crippen LogP contribution is 2.17.